The van der Waals surface area contributed by atoms with Gasteiger partial charge in [0.15, 0.2) is 0 Å². The Labute approximate surface area is 110 Å². The van der Waals surface area contributed by atoms with E-state index in [9.17, 15) is 0 Å². The van der Waals surface area contributed by atoms with Crippen molar-refractivity contribution in [3.05, 3.63) is 35.4 Å². The third-order valence-electron chi connectivity index (χ3n) is 4.68. The van der Waals surface area contributed by atoms with Crippen LogP contribution in [-0.4, -0.2) is 18.6 Å². The zero-order valence-electron chi connectivity index (χ0n) is 11.3. The van der Waals surface area contributed by atoms with E-state index in [0.717, 1.165) is 19.6 Å². The summed E-state index contributed by atoms with van der Waals surface area (Å²) in [6.45, 7) is 5.65. The molecule has 3 rings (SSSR count). The molecule has 1 aliphatic heterocycles. The third kappa shape index (κ3) is 2.45. The first-order valence-electron chi connectivity index (χ1n) is 7.30. The molecule has 1 saturated carbocycles. The molecule has 98 valence electrons. The van der Waals surface area contributed by atoms with Crippen molar-refractivity contribution in [2.45, 2.75) is 50.6 Å². The summed E-state index contributed by atoms with van der Waals surface area (Å²) < 4.78 is 0. The van der Waals surface area contributed by atoms with Crippen molar-refractivity contribution in [3.8, 4) is 0 Å². The zero-order valence-corrected chi connectivity index (χ0v) is 11.3. The Morgan fingerprint density at radius 1 is 1.28 bits per heavy atom. The highest BCUT2D eigenvalue weighted by molar-refractivity contribution is 5.33. The van der Waals surface area contributed by atoms with Crippen molar-refractivity contribution >= 4 is 0 Å². The molecule has 0 bridgehead atoms. The molecule has 0 spiro atoms. The Bertz CT molecular complexity index is 407. The van der Waals surface area contributed by atoms with Gasteiger partial charge in [-0.25, -0.2) is 0 Å². The molecule has 2 N–H and O–H groups in total. The molecule has 1 aromatic carbocycles. The van der Waals surface area contributed by atoms with Gasteiger partial charge < -0.3 is 10.6 Å². The minimum atomic E-state index is 0.395. The van der Waals surface area contributed by atoms with E-state index < -0.39 is 0 Å². The van der Waals surface area contributed by atoms with Gasteiger partial charge in [-0.1, -0.05) is 37.1 Å². The van der Waals surface area contributed by atoms with Crippen LogP contribution in [0.5, 0.6) is 0 Å². The molecule has 2 aliphatic rings. The highest BCUT2D eigenvalue weighted by Crippen LogP contribution is 2.30. The van der Waals surface area contributed by atoms with Gasteiger partial charge in [0.05, 0.1) is 0 Å². The fourth-order valence-electron chi connectivity index (χ4n) is 3.47. The van der Waals surface area contributed by atoms with Crippen LogP contribution >= 0.6 is 0 Å². The molecule has 0 amide bonds. The molecule has 1 heterocycles. The summed E-state index contributed by atoms with van der Waals surface area (Å²) in [5, 5.41) is 7.37. The van der Waals surface area contributed by atoms with Crippen LogP contribution in [0.15, 0.2) is 24.3 Å². The molecule has 1 fully saturated rings. The molecule has 18 heavy (non-hydrogen) atoms. The average molecular weight is 244 g/mol. The van der Waals surface area contributed by atoms with Gasteiger partial charge in [0.25, 0.3) is 0 Å². The first kappa shape index (κ1) is 12.2. The first-order valence-corrected chi connectivity index (χ1v) is 7.30. The molecule has 1 atom stereocenters. The van der Waals surface area contributed by atoms with E-state index in [4.69, 9.17) is 0 Å². The van der Waals surface area contributed by atoms with Crippen LogP contribution in [0.4, 0.5) is 0 Å². The molecular formula is C16H24N2. The zero-order chi connectivity index (χ0) is 12.4. The van der Waals surface area contributed by atoms with E-state index >= 15 is 0 Å². The van der Waals surface area contributed by atoms with Crippen LogP contribution < -0.4 is 10.6 Å². The van der Waals surface area contributed by atoms with Gasteiger partial charge in [-0.15, -0.1) is 0 Å². The van der Waals surface area contributed by atoms with Crippen molar-refractivity contribution in [3.63, 3.8) is 0 Å². The van der Waals surface area contributed by atoms with Gasteiger partial charge >= 0.3 is 0 Å². The lowest BCUT2D eigenvalue weighted by Crippen LogP contribution is -2.44. The van der Waals surface area contributed by atoms with E-state index in [2.05, 4.69) is 41.8 Å². The van der Waals surface area contributed by atoms with Crippen LogP contribution in [0.25, 0.3) is 0 Å². The van der Waals surface area contributed by atoms with E-state index in [-0.39, 0.29) is 0 Å². The van der Waals surface area contributed by atoms with Crippen LogP contribution in [-0.2, 0) is 6.54 Å². The topological polar surface area (TPSA) is 24.1 Å². The Morgan fingerprint density at radius 3 is 2.89 bits per heavy atom. The SMILES string of the molecule is CC1(NCC2CNCc3ccccc32)CCCC1. The molecule has 2 heteroatoms. The largest absolute Gasteiger partial charge is 0.312 e. The summed E-state index contributed by atoms with van der Waals surface area (Å²) in [5.74, 6) is 0.632. The van der Waals surface area contributed by atoms with Gasteiger partial charge in [0.2, 0.25) is 0 Å². The molecule has 0 aromatic heterocycles. The van der Waals surface area contributed by atoms with Crippen molar-refractivity contribution in [2.24, 2.45) is 0 Å². The second kappa shape index (κ2) is 5.02. The summed E-state index contributed by atoms with van der Waals surface area (Å²) in [4.78, 5) is 0. The highest BCUT2D eigenvalue weighted by atomic mass is 15.0. The summed E-state index contributed by atoms with van der Waals surface area (Å²) in [6, 6.07) is 8.88. The van der Waals surface area contributed by atoms with E-state index in [1.165, 1.54) is 31.2 Å². The maximum absolute atomic E-state index is 3.83. The highest BCUT2D eigenvalue weighted by Gasteiger charge is 2.29. The number of benzene rings is 1. The smallest absolute Gasteiger partial charge is 0.0208 e. The van der Waals surface area contributed by atoms with Crippen LogP contribution in [0.1, 0.15) is 49.7 Å². The molecule has 0 saturated heterocycles. The third-order valence-corrected chi connectivity index (χ3v) is 4.68. The fraction of sp³-hybridized carbons (Fsp3) is 0.625. The fourth-order valence-corrected chi connectivity index (χ4v) is 3.47. The molecule has 1 unspecified atom stereocenters. The lowest BCUT2D eigenvalue weighted by atomic mass is 9.89. The molecular weight excluding hydrogens is 220 g/mol. The maximum atomic E-state index is 3.83. The lowest BCUT2D eigenvalue weighted by Gasteiger charge is -2.32. The minimum absolute atomic E-state index is 0.395. The second-order valence-corrected chi connectivity index (χ2v) is 6.18. The Hall–Kier alpha value is -0.860. The van der Waals surface area contributed by atoms with Crippen molar-refractivity contribution < 1.29 is 0 Å². The van der Waals surface area contributed by atoms with Gasteiger partial charge in [0.1, 0.15) is 0 Å². The lowest BCUT2D eigenvalue weighted by molar-refractivity contribution is 0.344. The van der Waals surface area contributed by atoms with Crippen molar-refractivity contribution in [1.82, 2.24) is 10.6 Å². The predicted molar refractivity (Wildman–Crippen MR) is 75.8 cm³/mol. The number of hydrogen-bond acceptors (Lipinski definition) is 2. The monoisotopic (exact) mass is 244 g/mol. The second-order valence-electron chi connectivity index (χ2n) is 6.18. The Balaban J connectivity index is 1.67. The predicted octanol–water partition coefficient (Wildman–Crippen LogP) is 2.80. The van der Waals surface area contributed by atoms with Crippen molar-refractivity contribution in [2.75, 3.05) is 13.1 Å². The molecule has 1 aromatic rings. The van der Waals surface area contributed by atoms with E-state index in [1.807, 2.05) is 0 Å². The number of nitrogens with one attached hydrogen (secondary N) is 2. The molecule has 2 nitrogen and oxygen atoms in total. The summed E-state index contributed by atoms with van der Waals surface area (Å²) in [7, 11) is 0. The summed E-state index contributed by atoms with van der Waals surface area (Å²) >= 11 is 0. The van der Waals surface area contributed by atoms with Crippen molar-refractivity contribution in [1.29, 1.82) is 0 Å². The van der Waals surface area contributed by atoms with Crippen LogP contribution in [0.2, 0.25) is 0 Å². The number of rotatable bonds is 3. The summed E-state index contributed by atoms with van der Waals surface area (Å²) in [6.07, 6.45) is 5.47. The van der Waals surface area contributed by atoms with Crippen LogP contribution in [0.3, 0.4) is 0 Å². The number of fused-ring (bicyclic) bond motifs is 1. The van der Waals surface area contributed by atoms with Gasteiger partial charge in [-0.3, -0.25) is 0 Å². The standard InChI is InChI=1S/C16H24N2/c1-16(8-4-5-9-16)18-12-14-11-17-10-13-6-2-3-7-15(13)14/h2-3,6-7,14,17-18H,4-5,8-12H2,1H3. The first-order chi connectivity index (χ1) is 8.77. The van der Waals surface area contributed by atoms with E-state index in [1.54, 1.807) is 5.56 Å². The minimum Gasteiger partial charge on any atom is -0.312 e. The van der Waals surface area contributed by atoms with Crippen LogP contribution in [0, 0.1) is 0 Å². The normalized spacial score (nSPS) is 25.9. The number of hydrogen-bond donors (Lipinski definition) is 2. The van der Waals surface area contributed by atoms with Gasteiger partial charge in [-0.05, 0) is 30.9 Å². The maximum Gasteiger partial charge on any atom is 0.0208 e. The van der Waals surface area contributed by atoms with Gasteiger partial charge in [0, 0.05) is 31.1 Å². The quantitative estimate of drug-likeness (QED) is 0.854. The molecule has 1 aliphatic carbocycles. The molecule has 0 radical (unpaired) electrons. The van der Waals surface area contributed by atoms with E-state index in [0.29, 0.717) is 11.5 Å². The summed E-state index contributed by atoms with van der Waals surface area (Å²) in [5.41, 5.74) is 3.42. The Morgan fingerprint density at radius 2 is 2.06 bits per heavy atom. The average Bonchev–Trinajstić information content (AvgIpc) is 2.84. The Kier molecular flexibility index (Phi) is 3.40. The van der Waals surface area contributed by atoms with Gasteiger partial charge in [-0.2, -0.15) is 0 Å².